The maximum Gasteiger partial charge on any atom is 0.326 e. The lowest BCUT2D eigenvalue weighted by Crippen LogP contribution is -2.57. The van der Waals surface area contributed by atoms with Crippen molar-refractivity contribution in [3.8, 4) is 0 Å². The fourth-order valence-corrected chi connectivity index (χ4v) is 3.46. The Labute approximate surface area is 215 Å². The second-order valence-electron chi connectivity index (χ2n) is 9.00. The Morgan fingerprint density at radius 1 is 1.00 bits per heavy atom. The molecule has 14 heteroatoms. The molecule has 0 saturated carbocycles. The van der Waals surface area contributed by atoms with Crippen molar-refractivity contribution in [1.82, 2.24) is 25.9 Å². The molecule has 1 heterocycles. The van der Waals surface area contributed by atoms with Gasteiger partial charge in [0.25, 0.3) is 0 Å². The van der Waals surface area contributed by atoms with Crippen LogP contribution in [0.3, 0.4) is 0 Å². The molecule has 208 valence electrons. The van der Waals surface area contributed by atoms with E-state index in [0.717, 1.165) is 0 Å². The number of nitrogens with zero attached hydrogens (tertiary/aromatic N) is 1. The van der Waals surface area contributed by atoms with Crippen molar-refractivity contribution in [1.29, 1.82) is 0 Å². The zero-order chi connectivity index (χ0) is 28.0. The monoisotopic (exact) mass is 524 g/mol. The van der Waals surface area contributed by atoms with Gasteiger partial charge in [-0.2, -0.15) is 0 Å². The summed E-state index contributed by atoms with van der Waals surface area (Å²) in [4.78, 5) is 68.4. The van der Waals surface area contributed by atoms with Crippen LogP contribution in [0.5, 0.6) is 0 Å². The van der Waals surface area contributed by atoms with Crippen LogP contribution in [0.15, 0.2) is 12.5 Å². The molecule has 0 saturated heterocycles. The molecule has 11 N–H and O–H groups in total. The van der Waals surface area contributed by atoms with Gasteiger partial charge >= 0.3 is 5.97 Å². The highest BCUT2D eigenvalue weighted by Crippen LogP contribution is 2.09. The lowest BCUT2D eigenvalue weighted by molar-refractivity contribution is -0.142. The van der Waals surface area contributed by atoms with Crippen molar-refractivity contribution in [2.75, 3.05) is 6.54 Å². The molecule has 0 spiro atoms. The number of carbonyl (C=O) groups is 5. The fraction of sp³-hybridized carbons (Fsp3) is 0.652. The van der Waals surface area contributed by atoms with Gasteiger partial charge in [0.05, 0.1) is 12.4 Å². The molecule has 1 aromatic rings. The number of nitrogens with one attached hydrogen (secondary N) is 4. The number of primary amides is 1. The summed E-state index contributed by atoms with van der Waals surface area (Å²) in [5, 5.41) is 17.1. The number of H-pyrrole nitrogens is 1. The SMILES string of the molecule is CCC(C)C(N)C(=O)NC(CCC(N)=O)C(=O)NC(CCCCN)C(=O)NC(Cc1cnc[nH]1)C(=O)O. The van der Waals surface area contributed by atoms with Crippen LogP contribution in [0.1, 0.15) is 58.1 Å². The third-order valence-corrected chi connectivity index (χ3v) is 6.05. The van der Waals surface area contributed by atoms with Crippen LogP contribution in [-0.4, -0.2) is 75.4 Å². The van der Waals surface area contributed by atoms with Crippen LogP contribution >= 0.6 is 0 Å². The van der Waals surface area contributed by atoms with Crippen LogP contribution in [-0.2, 0) is 30.4 Å². The van der Waals surface area contributed by atoms with Gasteiger partial charge in [-0.1, -0.05) is 20.3 Å². The second-order valence-corrected chi connectivity index (χ2v) is 9.00. The van der Waals surface area contributed by atoms with Gasteiger partial charge in [-0.3, -0.25) is 19.2 Å². The first-order valence-electron chi connectivity index (χ1n) is 12.3. The summed E-state index contributed by atoms with van der Waals surface area (Å²) in [5.74, 6) is -4.10. The molecule has 1 aromatic heterocycles. The highest BCUT2D eigenvalue weighted by atomic mass is 16.4. The average Bonchev–Trinajstić information content (AvgIpc) is 3.37. The van der Waals surface area contributed by atoms with Crippen molar-refractivity contribution in [2.45, 2.75) is 83.0 Å². The second kappa shape index (κ2) is 16.3. The van der Waals surface area contributed by atoms with E-state index in [4.69, 9.17) is 17.2 Å². The van der Waals surface area contributed by atoms with E-state index in [0.29, 0.717) is 31.5 Å². The molecule has 0 fully saturated rings. The number of nitrogens with two attached hydrogens (primary N) is 3. The highest BCUT2D eigenvalue weighted by Gasteiger charge is 2.31. The molecular formula is C23H40N8O6. The molecule has 14 nitrogen and oxygen atoms in total. The molecule has 0 aromatic carbocycles. The summed E-state index contributed by atoms with van der Waals surface area (Å²) in [7, 11) is 0. The van der Waals surface area contributed by atoms with Gasteiger partial charge in [-0.05, 0) is 38.1 Å². The summed E-state index contributed by atoms with van der Waals surface area (Å²) < 4.78 is 0. The highest BCUT2D eigenvalue weighted by molar-refractivity contribution is 5.94. The number of aromatic amines is 1. The minimum atomic E-state index is -1.28. The van der Waals surface area contributed by atoms with Gasteiger partial charge in [0, 0.05) is 24.7 Å². The average molecular weight is 525 g/mol. The van der Waals surface area contributed by atoms with Crippen molar-refractivity contribution in [2.24, 2.45) is 23.1 Å². The zero-order valence-corrected chi connectivity index (χ0v) is 21.4. The molecule has 1 rings (SSSR count). The van der Waals surface area contributed by atoms with Gasteiger partial charge in [0.2, 0.25) is 23.6 Å². The quantitative estimate of drug-likeness (QED) is 0.101. The van der Waals surface area contributed by atoms with E-state index in [1.165, 1.54) is 12.5 Å². The number of hydrogen-bond donors (Lipinski definition) is 8. The number of aliphatic carboxylic acids is 1. The fourth-order valence-electron chi connectivity index (χ4n) is 3.46. The lowest BCUT2D eigenvalue weighted by atomic mass is 9.98. The molecular weight excluding hydrogens is 484 g/mol. The smallest absolute Gasteiger partial charge is 0.326 e. The maximum atomic E-state index is 13.1. The number of rotatable bonds is 18. The van der Waals surface area contributed by atoms with Crippen molar-refractivity contribution in [3.05, 3.63) is 18.2 Å². The Balaban J connectivity index is 3.02. The summed E-state index contributed by atoms with van der Waals surface area (Å²) in [5.41, 5.74) is 17.2. The predicted octanol–water partition coefficient (Wildman–Crippen LogP) is -1.74. The Morgan fingerprint density at radius 2 is 1.59 bits per heavy atom. The van der Waals surface area contributed by atoms with Crippen molar-refractivity contribution >= 4 is 29.6 Å². The van der Waals surface area contributed by atoms with Gasteiger partial charge in [0.1, 0.15) is 18.1 Å². The summed E-state index contributed by atoms with van der Waals surface area (Å²) >= 11 is 0. The molecule has 0 radical (unpaired) electrons. The number of amides is 4. The molecule has 37 heavy (non-hydrogen) atoms. The predicted molar refractivity (Wildman–Crippen MR) is 134 cm³/mol. The van der Waals surface area contributed by atoms with E-state index in [-0.39, 0.29) is 31.6 Å². The van der Waals surface area contributed by atoms with Crippen LogP contribution in [0.4, 0.5) is 0 Å². The first kappa shape index (κ1) is 31.5. The van der Waals surface area contributed by atoms with Crippen LogP contribution in [0, 0.1) is 5.92 Å². The van der Waals surface area contributed by atoms with Crippen LogP contribution in [0.2, 0.25) is 0 Å². The summed E-state index contributed by atoms with van der Waals surface area (Å²) in [6.07, 6.45) is 4.36. The van der Waals surface area contributed by atoms with E-state index in [9.17, 15) is 29.1 Å². The lowest BCUT2D eigenvalue weighted by Gasteiger charge is -2.26. The first-order chi connectivity index (χ1) is 17.5. The third-order valence-electron chi connectivity index (χ3n) is 6.05. The van der Waals surface area contributed by atoms with Crippen molar-refractivity contribution in [3.63, 3.8) is 0 Å². The van der Waals surface area contributed by atoms with Gasteiger partial charge in [-0.15, -0.1) is 0 Å². The van der Waals surface area contributed by atoms with Crippen LogP contribution in [0.25, 0.3) is 0 Å². The van der Waals surface area contributed by atoms with Crippen LogP contribution < -0.4 is 33.2 Å². The Hall–Kier alpha value is -3.52. The molecule has 5 atom stereocenters. The number of hydrogen-bond acceptors (Lipinski definition) is 8. The number of carboxylic acids is 1. The molecule has 0 bridgehead atoms. The number of imidazole rings is 1. The minimum Gasteiger partial charge on any atom is -0.480 e. The zero-order valence-electron chi connectivity index (χ0n) is 21.4. The normalized spacial score (nSPS) is 15.0. The largest absolute Gasteiger partial charge is 0.480 e. The van der Waals surface area contributed by atoms with E-state index < -0.39 is 53.8 Å². The van der Waals surface area contributed by atoms with E-state index in [2.05, 4.69) is 25.9 Å². The Morgan fingerprint density at radius 3 is 2.11 bits per heavy atom. The number of carbonyl (C=O) groups excluding carboxylic acids is 4. The Bertz CT molecular complexity index is 894. The van der Waals surface area contributed by atoms with E-state index in [1.807, 2.05) is 6.92 Å². The number of unbranched alkanes of at least 4 members (excludes halogenated alkanes) is 1. The topological polar surface area (TPSA) is 248 Å². The Kier molecular flexibility index (Phi) is 13.9. The third kappa shape index (κ3) is 11.4. The molecule has 5 unspecified atom stereocenters. The molecule has 0 aliphatic rings. The minimum absolute atomic E-state index is 0.0463. The maximum absolute atomic E-state index is 13.1. The van der Waals surface area contributed by atoms with Gasteiger partial charge < -0.3 is 43.2 Å². The molecule has 0 aliphatic carbocycles. The standard InChI is InChI=1S/C23H40N8O6/c1-3-13(2)19(26)22(35)30-16(7-8-18(25)32)21(34)29-15(6-4-5-9-24)20(33)31-17(23(36)37)10-14-11-27-12-28-14/h11-13,15-17,19H,3-10,24,26H2,1-2H3,(H2,25,32)(H,27,28)(H,29,34)(H,30,35)(H,31,33)(H,36,37). The van der Waals surface area contributed by atoms with Gasteiger partial charge in [-0.25, -0.2) is 9.78 Å². The summed E-state index contributed by atoms with van der Waals surface area (Å²) in [6, 6.07) is -4.45. The number of carboxylic acid groups (broad SMARTS) is 1. The molecule has 0 aliphatic heterocycles. The van der Waals surface area contributed by atoms with E-state index >= 15 is 0 Å². The first-order valence-corrected chi connectivity index (χ1v) is 12.3. The van der Waals surface area contributed by atoms with Gasteiger partial charge in [0.15, 0.2) is 0 Å². The number of aromatic nitrogens is 2. The van der Waals surface area contributed by atoms with Crippen molar-refractivity contribution < 1.29 is 29.1 Å². The molecule has 4 amide bonds. The summed E-state index contributed by atoms with van der Waals surface area (Å²) in [6.45, 7) is 4.03. The van der Waals surface area contributed by atoms with E-state index in [1.54, 1.807) is 6.92 Å².